The summed E-state index contributed by atoms with van der Waals surface area (Å²) in [6, 6.07) is 6.65. The number of carbonyl (C=O) groups excluding carboxylic acids is 1. The van der Waals surface area contributed by atoms with Crippen LogP contribution in [0.25, 0.3) is 0 Å². The van der Waals surface area contributed by atoms with E-state index < -0.39 is 17.5 Å². The minimum absolute atomic E-state index is 0.0461. The van der Waals surface area contributed by atoms with E-state index in [0.717, 1.165) is 49.7 Å². The quantitative estimate of drug-likeness (QED) is 0.929. The summed E-state index contributed by atoms with van der Waals surface area (Å²) in [4.78, 5) is 18.6. The standard InChI is InChI=1S/C18H19F2N3O/c1-12-6-8-23(9-7-12)14-3-5-17(21-11-14)22-18(24)13-2-4-15(19)16(20)10-13/h2-5,10-12H,6-9H2,1H3,(H,21,22,24). The van der Waals surface area contributed by atoms with Crippen molar-refractivity contribution in [2.45, 2.75) is 19.8 Å². The molecule has 1 aromatic heterocycles. The summed E-state index contributed by atoms with van der Waals surface area (Å²) < 4.78 is 26.1. The van der Waals surface area contributed by atoms with E-state index in [2.05, 4.69) is 22.1 Å². The summed E-state index contributed by atoms with van der Waals surface area (Å²) in [7, 11) is 0. The number of rotatable bonds is 3. The zero-order valence-electron chi connectivity index (χ0n) is 13.4. The highest BCUT2D eigenvalue weighted by Gasteiger charge is 2.16. The lowest BCUT2D eigenvalue weighted by molar-refractivity contribution is 0.102. The second-order valence-electron chi connectivity index (χ2n) is 6.15. The zero-order valence-corrected chi connectivity index (χ0v) is 13.4. The molecule has 0 atom stereocenters. The van der Waals surface area contributed by atoms with Gasteiger partial charge in [0.1, 0.15) is 5.82 Å². The van der Waals surface area contributed by atoms with Gasteiger partial charge >= 0.3 is 0 Å². The number of halogens is 2. The number of anilines is 2. The molecule has 1 amide bonds. The molecule has 2 heterocycles. The van der Waals surface area contributed by atoms with Gasteiger partial charge in [-0.2, -0.15) is 0 Å². The molecule has 1 aromatic carbocycles. The zero-order chi connectivity index (χ0) is 17.1. The fraction of sp³-hybridized carbons (Fsp3) is 0.333. The predicted octanol–water partition coefficient (Wildman–Crippen LogP) is 3.85. The molecule has 0 spiro atoms. The Kier molecular flexibility index (Phi) is 4.74. The second-order valence-corrected chi connectivity index (χ2v) is 6.15. The van der Waals surface area contributed by atoms with Crippen LogP contribution in [-0.2, 0) is 0 Å². The van der Waals surface area contributed by atoms with Gasteiger partial charge in [-0.3, -0.25) is 4.79 Å². The van der Waals surface area contributed by atoms with Crippen molar-refractivity contribution in [1.82, 2.24) is 4.98 Å². The Morgan fingerprint density at radius 1 is 1.17 bits per heavy atom. The third-order valence-corrected chi connectivity index (χ3v) is 4.32. The second kappa shape index (κ2) is 6.95. The molecule has 6 heteroatoms. The van der Waals surface area contributed by atoms with E-state index in [1.165, 1.54) is 6.07 Å². The number of aromatic nitrogens is 1. The van der Waals surface area contributed by atoms with Gasteiger partial charge in [0.05, 0.1) is 11.9 Å². The van der Waals surface area contributed by atoms with Crippen molar-refractivity contribution < 1.29 is 13.6 Å². The van der Waals surface area contributed by atoms with E-state index in [1.807, 2.05) is 6.07 Å². The van der Waals surface area contributed by atoms with Crippen LogP contribution in [0.1, 0.15) is 30.1 Å². The van der Waals surface area contributed by atoms with Gasteiger partial charge in [0, 0.05) is 18.7 Å². The molecule has 3 rings (SSSR count). The van der Waals surface area contributed by atoms with Crippen LogP contribution in [-0.4, -0.2) is 24.0 Å². The number of piperidine rings is 1. The first-order valence-corrected chi connectivity index (χ1v) is 8.00. The summed E-state index contributed by atoms with van der Waals surface area (Å²) in [5.74, 6) is -1.43. The maximum absolute atomic E-state index is 13.2. The number of hydrogen-bond donors (Lipinski definition) is 1. The minimum Gasteiger partial charge on any atom is -0.370 e. The number of carbonyl (C=O) groups is 1. The maximum atomic E-state index is 13.2. The van der Waals surface area contributed by atoms with Crippen LogP contribution >= 0.6 is 0 Å². The lowest BCUT2D eigenvalue weighted by atomic mass is 9.99. The number of amides is 1. The Morgan fingerprint density at radius 3 is 2.54 bits per heavy atom. The number of nitrogens with zero attached hydrogens (tertiary/aromatic N) is 2. The molecule has 24 heavy (non-hydrogen) atoms. The van der Waals surface area contributed by atoms with E-state index in [1.54, 1.807) is 12.3 Å². The maximum Gasteiger partial charge on any atom is 0.256 e. The molecular formula is C18H19F2N3O. The number of nitrogens with one attached hydrogen (secondary N) is 1. The Morgan fingerprint density at radius 2 is 1.92 bits per heavy atom. The molecule has 2 aromatic rings. The average molecular weight is 331 g/mol. The molecule has 0 saturated carbocycles. The van der Waals surface area contributed by atoms with Gasteiger partial charge in [-0.1, -0.05) is 6.92 Å². The van der Waals surface area contributed by atoms with Crippen LogP contribution in [0.4, 0.5) is 20.3 Å². The van der Waals surface area contributed by atoms with Gasteiger partial charge in [-0.15, -0.1) is 0 Å². The molecule has 1 fully saturated rings. The molecule has 1 N–H and O–H groups in total. The highest BCUT2D eigenvalue weighted by atomic mass is 19.2. The summed E-state index contributed by atoms with van der Waals surface area (Å²) >= 11 is 0. The fourth-order valence-electron chi connectivity index (χ4n) is 2.74. The van der Waals surface area contributed by atoms with E-state index >= 15 is 0 Å². The summed E-state index contributed by atoms with van der Waals surface area (Å²) in [5.41, 5.74) is 1.07. The van der Waals surface area contributed by atoms with Crippen molar-refractivity contribution in [3.05, 3.63) is 53.7 Å². The SMILES string of the molecule is CC1CCN(c2ccc(NC(=O)c3ccc(F)c(F)c3)nc2)CC1. The molecule has 126 valence electrons. The van der Waals surface area contributed by atoms with Crippen molar-refractivity contribution in [2.24, 2.45) is 5.92 Å². The van der Waals surface area contributed by atoms with Gasteiger partial charge in [-0.05, 0) is 49.1 Å². The first-order valence-electron chi connectivity index (χ1n) is 8.00. The topological polar surface area (TPSA) is 45.2 Å². The van der Waals surface area contributed by atoms with E-state index in [-0.39, 0.29) is 5.56 Å². The van der Waals surface area contributed by atoms with Crippen LogP contribution < -0.4 is 10.2 Å². The van der Waals surface area contributed by atoms with E-state index in [4.69, 9.17) is 0 Å². The van der Waals surface area contributed by atoms with Crippen molar-refractivity contribution >= 4 is 17.4 Å². The molecule has 0 radical (unpaired) electrons. The van der Waals surface area contributed by atoms with Crippen molar-refractivity contribution in [2.75, 3.05) is 23.3 Å². The molecule has 0 aliphatic carbocycles. The average Bonchev–Trinajstić information content (AvgIpc) is 2.59. The van der Waals surface area contributed by atoms with Gasteiger partial charge in [-0.25, -0.2) is 13.8 Å². The smallest absolute Gasteiger partial charge is 0.256 e. The van der Waals surface area contributed by atoms with Crippen molar-refractivity contribution in [3.63, 3.8) is 0 Å². The molecule has 4 nitrogen and oxygen atoms in total. The van der Waals surface area contributed by atoms with Crippen LogP contribution in [0, 0.1) is 17.6 Å². The van der Waals surface area contributed by atoms with Gasteiger partial charge < -0.3 is 10.2 Å². The van der Waals surface area contributed by atoms with E-state index in [0.29, 0.717) is 5.82 Å². The summed E-state index contributed by atoms with van der Waals surface area (Å²) in [6.45, 7) is 4.26. The normalized spacial score (nSPS) is 15.4. The highest BCUT2D eigenvalue weighted by molar-refractivity contribution is 6.03. The molecule has 1 saturated heterocycles. The molecule has 1 aliphatic rings. The van der Waals surface area contributed by atoms with Crippen LogP contribution in [0.2, 0.25) is 0 Å². The van der Waals surface area contributed by atoms with Crippen LogP contribution in [0.3, 0.4) is 0 Å². The Hall–Kier alpha value is -2.50. The molecule has 0 unspecified atom stereocenters. The van der Waals surface area contributed by atoms with Gasteiger partial charge in [0.2, 0.25) is 0 Å². The third kappa shape index (κ3) is 3.69. The van der Waals surface area contributed by atoms with E-state index in [9.17, 15) is 13.6 Å². The predicted molar refractivity (Wildman–Crippen MR) is 89.2 cm³/mol. The van der Waals surface area contributed by atoms with Crippen molar-refractivity contribution in [1.29, 1.82) is 0 Å². The summed E-state index contributed by atoms with van der Waals surface area (Å²) in [5, 5.41) is 2.58. The largest absolute Gasteiger partial charge is 0.370 e. The fourth-order valence-corrected chi connectivity index (χ4v) is 2.74. The first-order chi connectivity index (χ1) is 11.5. The van der Waals surface area contributed by atoms with Crippen LogP contribution in [0.5, 0.6) is 0 Å². The lowest BCUT2D eigenvalue weighted by Crippen LogP contribution is -2.32. The van der Waals surface area contributed by atoms with Crippen molar-refractivity contribution in [3.8, 4) is 0 Å². The summed E-state index contributed by atoms with van der Waals surface area (Å²) in [6.07, 6.45) is 4.04. The van der Waals surface area contributed by atoms with Crippen LogP contribution in [0.15, 0.2) is 36.5 Å². The Labute approximate surface area is 139 Å². The minimum atomic E-state index is -1.05. The third-order valence-electron chi connectivity index (χ3n) is 4.32. The highest BCUT2D eigenvalue weighted by Crippen LogP contribution is 2.23. The lowest BCUT2D eigenvalue weighted by Gasteiger charge is -2.31. The Balaban J connectivity index is 1.65. The monoisotopic (exact) mass is 331 g/mol. The molecule has 1 aliphatic heterocycles. The Bertz CT molecular complexity index is 726. The number of pyridine rings is 1. The number of hydrogen-bond acceptors (Lipinski definition) is 3. The van der Waals surface area contributed by atoms with Gasteiger partial charge in [0.15, 0.2) is 11.6 Å². The first kappa shape index (κ1) is 16.4. The number of benzene rings is 1. The molecule has 0 bridgehead atoms. The van der Waals surface area contributed by atoms with Gasteiger partial charge in [0.25, 0.3) is 5.91 Å². The molecular weight excluding hydrogens is 312 g/mol.